The first-order chi connectivity index (χ1) is 7.26. The highest BCUT2D eigenvalue weighted by molar-refractivity contribution is 5.68. The van der Waals surface area contributed by atoms with Gasteiger partial charge in [-0.15, -0.1) is 0 Å². The summed E-state index contributed by atoms with van der Waals surface area (Å²) in [5.74, 6) is 0.802. The highest BCUT2D eigenvalue weighted by Gasteiger charge is 2.18. The number of rotatable bonds is 2. The van der Waals surface area contributed by atoms with E-state index in [-0.39, 0.29) is 0 Å². The molecule has 0 heteroatoms. The lowest BCUT2D eigenvalue weighted by Crippen LogP contribution is -2.13. The summed E-state index contributed by atoms with van der Waals surface area (Å²) in [6.07, 6.45) is 7.63. The smallest absolute Gasteiger partial charge is 0.0155 e. The molecular weight excluding hydrogens is 180 g/mol. The molecular formula is C15H18. The van der Waals surface area contributed by atoms with Gasteiger partial charge in [0.05, 0.1) is 0 Å². The van der Waals surface area contributed by atoms with Crippen molar-refractivity contribution in [3.63, 3.8) is 0 Å². The van der Waals surface area contributed by atoms with Gasteiger partial charge in [0.2, 0.25) is 0 Å². The van der Waals surface area contributed by atoms with Crippen molar-refractivity contribution in [1.82, 2.24) is 0 Å². The molecule has 0 spiro atoms. The van der Waals surface area contributed by atoms with Gasteiger partial charge < -0.3 is 0 Å². The maximum Gasteiger partial charge on any atom is -0.0155 e. The zero-order valence-corrected chi connectivity index (χ0v) is 9.42. The fourth-order valence-electron chi connectivity index (χ4n) is 2.47. The summed E-state index contributed by atoms with van der Waals surface area (Å²) in [6, 6.07) is 4.42. The van der Waals surface area contributed by atoms with E-state index in [0.717, 1.165) is 5.92 Å². The van der Waals surface area contributed by atoms with E-state index in [1.165, 1.54) is 41.5 Å². The molecule has 15 heavy (non-hydrogen) atoms. The molecule has 1 aromatic rings. The van der Waals surface area contributed by atoms with Crippen molar-refractivity contribution in [3.05, 3.63) is 47.5 Å². The Morgan fingerprint density at radius 2 is 2.07 bits per heavy atom. The molecule has 1 unspecified atom stereocenters. The van der Waals surface area contributed by atoms with Crippen molar-refractivity contribution in [2.75, 3.05) is 0 Å². The molecule has 0 aromatic heterocycles. The van der Waals surface area contributed by atoms with Crippen LogP contribution in [-0.2, 0) is 12.8 Å². The molecule has 0 amide bonds. The molecule has 0 nitrogen and oxygen atoms in total. The van der Waals surface area contributed by atoms with Crippen LogP contribution in [0.3, 0.4) is 0 Å². The van der Waals surface area contributed by atoms with Crippen LogP contribution in [0.5, 0.6) is 0 Å². The molecule has 0 radical (unpaired) electrons. The molecule has 1 aromatic carbocycles. The van der Waals surface area contributed by atoms with E-state index in [9.17, 15) is 0 Å². The Balaban J connectivity index is 2.57. The lowest BCUT2D eigenvalue weighted by molar-refractivity contribution is 0.500. The zero-order valence-electron chi connectivity index (χ0n) is 9.42. The molecule has 0 bridgehead atoms. The van der Waals surface area contributed by atoms with Gasteiger partial charge in [-0.1, -0.05) is 44.4 Å². The van der Waals surface area contributed by atoms with Gasteiger partial charge in [-0.2, -0.15) is 0 Å². The maximum absolute atomic E-state index is 3.92. The highest BCUT2D eigenvalue weighted by Crippen LogP contribution is 2.30. The first kappa shape index (κ1) is 10.2. The van der Waals surface area contributed by atoms with E-state index in [0.29, 0.717) is 0 Å². The minimum absolute atomic E-state index is 0.802. The summed E-state index contributed by atoms with van der Waals surface area (Å²) in [5.41, 5.74) is 5.53. The van der Waals surface area contributed by atoms with E-state index >= 15 is 0 Å². The Hall–Kier alpha value is -1.30. The van der Waals surface area contributed by atoms with Crippen LogP contribution in [0.15, 0.2) is 25.3 Å². The lowest BCUT2D eigenvalue weighted by atomic mass is 9.81. The summed E-state index contributed by atoms with van der Waals surface area (Å²) >= 11 is 0. The van der Waals surface area contributed by atoms with Crippen molar-refractivity contribution in [3.8, 4) is 0 Å². The lowest BCUT2D eigenvalue weighted by Gasteiger charge is -2.24. The maximum atomic E-state index is 3.92. The monoisotopic (exact) mass is 198 g/mol. The quantitative estimate of drug-likeness (QED) is 0.671. The summed E-state index contributed by atoms with van der Waals surface area (Å²) in [7, 11) is 0. The average molecular weight is 198 g/mol. The first-order valence-electron chi connectivity index (χ1n) is 5.66. The van der Waals surface area contributed by atoms with Crippen LogP contribution < -0.4 is 0 Å². The molecule has 2 rings (SSSR count). The summed E-state index contributed by atoms with van der Waals surface area (Å²) in [6.45, 7) is 10.1. The summed E-state index contributed by atoms with van der Waals surface area (Å²) in [5, 5.41) is 0. The van der Waals surface area contributed by atoms with E-state index < -0.39 is 0 Å². The minimum Gasteiger partial charge on any atom is -0.0984 e. The van der Waals surface area contributed by atoms with Gasteiger partial charge in [-0.25, -0.2) is 0 Å². The van der Waals surface area contributed by atoms with Crippen LogP contribution >= 0.6 is 0 Å². The third kappa shape index (κ3) is 1.77. The van der Waals surface area contributed by atoms with Gasteiger partial charge in [0.1, 0.15) is 0 Å². The van der Waals surface area contributed by atoms with E-state index in [1.54, 1.807) is 0 Å². The largest absolute Gasteiger partial charge is 0.0984 e. The summed E-state index contributed by atoms with van der Waals surface area (Å²) in [4.78, 5) is 0. The van der Waals surface area contributed by atoms with Crippen LogP contribution in [0, 0.1) is 5.92 Å². The molecule has 0 heterocycles. The third-order valence-electron chi connectivity index (χ3n) is 3.37. The normalized spacial score (nSPS) is 19.4. The molecule has 0 fully saturated rings. The zero-order chi connectivity index (χ0) is 10.8. The predicted molar refractivity (Wildman–Crippen MR) is 67.8 cm³/mol. The average Bonchev–Trinajstić information content (AvgIpc) is 2.27. The summed E-state index contributed by atoms with van der Waals surface area (Å²) < 4.78 is 0. The topological polar surface area (TPSA) is 0 Å². The molecule has 1 aliphatic rings. The van der Waals surface area contributed by atoms with Crippen LogP contribution in [0.2, 0.25) is 0 Å². The Bertz CT molecular complexity index is 399. The Morgan fingerprint density at radius 1 is 1.27 bits per heavy atom. The van der Waals surface area contributed by atoms with Crippen molar-refractivity contribution < 1.29 is 0 Å². The van der Waals surface area contributed by atoms with Crippen LogP contribution in [0.1, 0.15) is 35.6 Å². The van der Waals surface area contributed by atoms with Crippen LogP contribution in [-0.4, -0.2) is 0 Å². The molecule has 78 valence electrons. The standard InChI is InChI=1S/C15H18/c1-4-12-8-9-13-7-6-11(3)10-15(13)14(12)5-2/h4-5,8-9,11H,1-2,6-7,10H2,3H3. The number of hydrogen-bond acceptors (Lipinski definition) is 0. The van der Waals surface area contributed by atoms with E-state index in [4.69, 9.17) is 0 Å². The minimum atomic E-state index is 0.802. The van der Waals surface area contributed by atoms with Gasteiger partial charge in [0.15, 0.2) is 0 Å². The van der Waals surface area contributed by atoms with Gasteiger partial charge in [-0.05, 0) is 47.4 Å². The Labute approximate surface area is 92.3 Å². The van der Waals surface area contributed by atoms with Crippen molar-refractivity contribution >= 4 is 12.2 Å². The predicted octanol–water partition coefficient (Wildman–Crippen LogP) is 4.10. The highest BCUT2D eigenvalue weighted by atomic mass is 14.2. The molecule has 1 aliphatic carbocycles. The Kier molecular flexibility index (Phi) is 2.77. The SMILES string of the molecule is C=Cc1ccc2c(c1C=C)CC(C)CC2. The molecule has 0 saturated heterocycles. The van der Waals surface area contributed by atoms with Gasteiger partial charge in [-0.3, -0.25) is 0 Å². The third-order valence-corrected chi connectivity index (χ3v) is 3.37. The van der Waals surface area contributed by atoms with Gasteiger partial charge in [0, 0.05) is 0 Å². The van der Waals surface area contributed by atoms with E-state index in [2.05, 4.69) is 32.2 Å². The van der Waals surface area contributed by atoms with Crippen molar-refractivity contribution in [2.45, 2.75) is 26.2 Å². The fraction of sp³-hybridized carbons (Fsp3) is 0.333. The first-order valence-corrected chi connectivity index (χ1v) is 5.66. The van der Waals surface area contributed by atoms with E-state index in [1.807, 2.05) is 12.2 Å². The molecule has 0 aliphatic heterocycles. The molecule has 0 saturated carbocycles. The van der Waals surface area contributed by atoms with Crippen LogP contribution in [0.25, 0.3) is 12.2 Å². The number of aryl methyl sites for hydroxylation is 1. The van der Waals surface area contributed by atoms with Gasteiger partial charge in [0.25, 0.3) is 0 Å². The van der Waals surface area contributed by atoms with Crippen LogP contribution in [0.4, 0.5) is 0 Å². The fourth-order valence-corrected chi connectivity index (χ4v) is 2.47. The van der Waals surface area contributed by atoms with Crippen molar-refractivity contribution in [1.29, 1.82) is 0 Å². The second-order valence-corrected chi connectivity index (χ2v) is 4.46. The molecule has 0 N–H and O–H groups in total. The number of benzene rings is 1. The number of fused-ring (bicyclic) bond motifs is 1. The second kappa shape index (κ2) is 4.06. The second-order valence-electron chi connectivity index (χ2n) is 4.46. The van der Waals surface area contributed by atoms with Gasteiger partial charge >= 0.3 is 0 Å². The van der Waals surface area contributed by atoms with Crippen molar-refractivity contribution in [2.24, 2.45) is 5.92 Å². The number of hydrogen-bond donors (Lipinski definition) is 0. The Morgan fingerprint density at radius 3 is 2.73 bits per heavy atom. The molecule has 1 atom stereocenters.